The number of aliphatic carboxylic acids is 1. The molecule has 0 spiro atoms. The number of hydrogen-bond donors (Lipinski definition) is 3. The number of rotatable bonds is 28. The average Bonchev–Trinajstić information content (AvgIpc) is 2.81. The summed E-state index contributed by atoms with van der Waals surface area (Å²) in [4.78, 5) is 10.6. The van der Waals surface area contributed by atoms with E-state index >= 15 is 0 Å². The predicted octanol–water partition coefficient (Wildman–Crippen LogP) is 9.30. The highest BCUT2D eigenvalue weighted by Crippen LogP contribution is 2.17. The van der Waals surface area contributed by atoms with Gasteiger partial charge in [0.25, 0.3) is 5.79 Å². The van der Waals surface area contributed by atoms with Crippen molar-refractivity contribution in [2.24, 2.45) is 0 Å². The Labute approximate surface area is 212 Å². The van der Waals surface area contributed by atoms with Crippen molar-refractivity contribution in [1.82, 2.24) is 0 Å². The molecule has 4 nitrogen and oxygen atoms in total. The van der Waals surface area contributed by atoms with Crippen LogP contribution < -0.4 is 0 Å². The highest BCUT2D eigenvalue weighted by molar-refractivity contribution is 5.74. The first-order valence-electron chi connectivity index (χ1n) is 15.2. The van der Waals surface area contributed by atoms with Gasteiger partial charge in [0.15, 0.2) is 0 Å². The highest BCUT2D eigenvalue weighted by atomic mass is 16.5. The van der Waals surface area contributed by atoms with E-state index in [4.69, 9.17) is 5.11 Å². The monoisotopic (exact) mass is 484 g/mol. The zero-order valence-electron chi connectivity index (χ0n) is 22.8. The van der Waals surface area contributed by atoms with Gasteiger partial charge in [-0.2, -0.15) is 0 Å². The third-order valence-corrected chi connectivity index (χ3v) is 7.22. The number of carboxylic acids is 1. The van der Waals surface area contributed by atoms with Crippen LogP contribution in [-0.2, 0) is 4.79 Å². The number of aliphatic hydroxyl groups is 2. The Kier molecular flexibility index (Phi) is 25.0. The SMILES string of the molecule is CCCCCCCCCCCCCCCCCCCCCCCCCCCCC(O)(O)C(=O)O. The van der Waals surface area contributed by atoms with E-state index in [2.05, 4.69) is 6.92 Å². The number of unbranched alkanes of at least 4 members (excludes halogenated alkanes) is 25. The molecule has 0 rings (SSSR count). The van der Waals surface area contributed by atoms with Gasteiger partial charge in [0.1, 0.15) is 0 Å². The minimum Gasteiger partial charge on any atom is -0.477 e. The maximum atomic E-state index is 10.6. The summed E-state index contributed by atoms with van der Waals surface area (Å²) in [6.07, 6.45) is 34.5. The number of carbonyl (C=O) groups is 1. The van der Waals surface area contributed by atoms with Gasteiger partial charge in [0, 0.05) is 6.42 Å². The number of hydrogen-bond acceptors (Lipinski definition) is 3. The lowest BCUT2D eigenvalue weighted by atomic mass is 10.0. The summed E-state index contributed by atoms with van der Waals surface area (Å²) in [7, 11) is 0. The van der Waals surface area contributed by atoms with Gasteiger partial charge in [-0.25, -0.2) is 4.79 Å². The lowest BCUT2D eigenvalue weighted by molar-refractivity contribution is -0.205. The molecule has 0 saturated heterocycles. The normalized spacial score (nSPS) is 11.9. The molecule has 0 aliphatic rings. The molecule has 3 N–H and O–H groups in total. The van der Waals surface area contributed by atoms with Crippen LogP contribution in [0.4, 0.5) is 0 Å². The first kappa shape index (κ1) is 33.4. The zero-order chi connectivity index (χ0) is 25.2. The van der Waals surface area contributed by atoms with Crippen molar-refractivity contribution >= 4 is 5.97 Å². The van der Waals surface area contributed by atoms with E-state index in [9.17, 15) is 15.0 Å². The summed E-state index contributed by atoms with van der Waals surface area (Å²) in [5.74, 6) is -4.10. The van der Waals surface area contributed by atoms with Crippen LogP contribution in [0.2, 0.25) is 0 Å². The molecule has 204 valence electrons. The quantitative estimate of drug-likeness (QED) is 0.0763. The van der Waals surface area contributed by atoms with E-state index in [0.29, 0.717) is 6.42 Å². The van der Waals surface area contributed by atoms with E-state index in [1.165, 1.54) is 141 Å². The van der Waals surface area contributed by atoms with E-state index in [-0.39, 0.29) is 6.42 Å². The maximum Gasteiger partial charge on any atom is 0.364 e. The summed E-state index contributed by atoms with van der Waals surface area (Å²) in [5, 5.41) is 27.1. The highest BCUT2D eigenvalue weighted by Gasteiger charge is 2.31. The largest absolute Gasteiger partial charge is 0.477 e. The fraction of sp³-hybridized carbons (Fsp3) is 0.967. The van der Waals surface area contributed by atoms with E-state index in [0.717, 1.165) is 19.3 Å². The third kappa shape index (κ3) is 24.5. The minimum absolute atomic E-state index is 0.0817. The molecule has 0 aliphatic carbocycles. The molecule has 4 heteroatoms. The molecule has 0 radical (unpaired) electrons. The van der Waals surface area contributed by atoms with Crippen LogP contribution in [0.25, 0.3) is 0 Å². The Morgan fingerprint density at radius 3 is 0.853 bits per heavy atom. The summed E-state index contributed by atoms with van der Waals surface area (Å²) < 4.78 is 0. The maximum absolute atomic E-state index is 10.6. The predicted molar refractivity (Wildman–Crippen MR) is 145 cm³/mol. The molecule has 0 aromatic rings. The average molecular weight is 485 g/mol. The first-order chi connectivity index (χ1) is 16.5. The molecule has 0 heterocycles. The zero-order valence-corrected chi connectivity index (χ0v) is 22.8. The van der Waals surface area contributed by atoms with Gasteiger partial charge in [-0.1, -0.05) is 167 Å². The Morgan fingerprint density at radius 2 is 0.647 bits per heavy atom. The molecule has 0 bridgehead atoms. The van der Waals surface area contributed by atoms with Gasteiger partial charge >= 0.3 is 5.97 Å². The second-order valence-corrected chi connectivity index (χ2v) is 10.7. The molecule has 0 aromatic heterocycles. The molecule has 0 aliphatic heterocycles. The molecular formula is C30H60O4. The van der Waals surface area contributed by atoms with Gasteiger partial charge in [-0.15, -0.1) is 0 Å². The minimum atomic E-state index is -2.55. The van der Waals surface area contributed by atoms with Crippen LogP contribution in [0.5, 0.6) is 0 Å². The van der Waals surface area contributed by atoms with Crippen molar-refractivity contribution in [1.29, 1.82) is 0 Å². The van der Waals surface area contributed by atoms with Gasteiger partial charge in [-0.3, -0.25) is 0 Å². The summed E-state index contributed by atoms with van der Waals surface area (Å²) in [6, 6.07) is 0. The van der Waals surface area contributed by atoms with Crippen molar-refractivity contribution < 1.29 is 20.1 Å². The second kappa shape index (κ2) is 25.5. The second-order valence-electron chi connectivity index (χ2n) is 10.7. The molecule has 34 heavy (non-hydrogen) atoms. The number of carboxylic acid groups (broad SMARTS) is 1. The fourth-order valence-corrected chi connectivity index (χ4v) is 4.79. The van der Waals surface area contributed by atoms with Crippen molar-refractivity contribution in [3.05, 3.63) is 0 Å². The molecule has 0 aromatic carbocycles. The fourth-order valence-electron chi connectivity index (χ4n) is 4.79. The van der Waals surface area contributed by atoms with Gasteiger partial charge in [-0.05, 0) is 6.42 Å². The topological polar surface area (TPSA) is 77.8 Å². The van der Waals surface area contributed by atoms with E-state index in [1.54, 1.807) is 0 Å². The van der Waals surface area contributed by atoms with Crippen molar-refractivity contribution in [2.75, 3.05) is 0 Å². The van der Waals surface area contributed by atoms with Crippen LogP contribution in [0.15, 0.2) is 0 Å². The Balaban J connectivity index is 3.10. The molecule has 0 fully saturated rings. The molecular weight excluding hydrogens is 424 g/mol. The Morgan fingerprint density at radius 1 is 0.441 bits per heavy atom. The van der Waals surface area contributed by atoms with Crippen molar-refractivity contribution in [3.63, 3.8) is 0 Å². The van der Waals surface area contributed by atoms with E-state index in [1.807, 2.05) is 0 Å². The molecule has 0 atom stereocenters. The van der Waals surface area contributed by atoms with Crippen LogP contribution in [-0.4, -0.2) is 27.1 Å². The summed E-state index contributed by atoms with van der Waals surface area (Å²) >= 11 is 0. The van der Waals surface area contributed by atoms with Crippen LogP contribution >= 0.6 is 0 Å². The molecule has 0 amide bonds. The Hall–Kier alpha value is -0.610. The first-order valence-corrected chi connectivity index (χ1v) is 15.2. The van der Waals surface area contributed by atoms with Gasteiger partial charge in [0.2, 0.25) is 0 Å². The van der Waals surface area contributed by atoms with Crippen LogP contribution in [0, 0.1) is 0 Å². The van der Waals surface area contributed by atoms with E-state index < -0.39 is 11.8 Å². The Bertz CT molecular complexity index is 422. The standard InChI is InChI=1S/C30H60O4/c1-2-3-4-5-6-7-8-9-10-11-12-13-14-15-16-17-18-19-20-21-22-23-24-25-26-27-28-30(33,34)29(31)32/h33-34H,2-28H2,1H3,(H,31,32). The van der Waals surface area contributed by atoms with Crippen LogP contribution in [0.3, 0.4) is 0 Å². The van der Waals surface area contributed by atoms with Crippen molar-refractivity contribution in [2.45, 2.75) is 186 Å². The van der Waals surface area contributed by atoms with Gasteiger partial charge in [0.05, 0.1) is 0 Å². The lowest BCUT2D eigenvalue weighted by Gasteiger charge is -2.15. The van der Waals surface area contributed by atoms with Crippen LogP contribution in [0.1, 0.15) is 180 Å². The third-order valence-electron chi connectivity index (χ3n) is 7.22. The van der Waals surface area contributed by atoms with Gasteiger partial charge < -0.3 is 15.3 Å². The smallest absolute Gasteiger partial charge is 0.364 e. The summed E-state index contributed by atoms with van der Waals surface area (Å²) in [6.45, 7) is 2.29. The molecule has 0 unspecified atom stereocenters. The van der Waals surface area contributed by atoms with Crippen molar-refractivity contribution in [3.8, 4) is 0 Å². The molecule has 0 saturated carbocycles. The summed E-state index contributed by atoms with van der Waals surface area (Å²) in [5.41, 5.74) is 0. The lowest BCUT2D eigenvalue weighted by Crippen LogP contribution is -2.37.